The highest BCUT2D eigenvalue weighted by molar-refractivity contribution is 7.13. The predicted octanol–water partition coefficient (Wildman–Crippen LogP) is 5.30. The number of ether oxygens (including phenoxy) is 1. The Bertz CT molecular complexity index is 816. The Morgan fingerprint density at radius 2 is 1.93 bits per heavy atom. The van der Waals surface area contributed by atoms with Gasteiger partial charge in [0.05, 0.1) is 12.3 Å². The second kappa shape index (κ2) is 10.4. The monoisotopic (exact) mass is 418 g/mol. The standard InChI is InChI=1S/C22H30N2O4S/c1-5-28-20(27)22(12-10-15(2)3,13-11-19(25)26)18-14-29-21(24-18)23-17-8-6-16(4)7-9-17/h6-9,14-15H,5,10-13H2,1-4H3,(H,23,24)(H,25,26). The summed E-state index contributed by atoms with van der Waals surface area (Å²) >= 11 is 1.40. The number of aromatic nitrogens is 1. The normalized spacial score (nSPS) is 13.1. The van der Waals surface area contributed by atoms with Gasteiger partial charge in [0.25, 0.3) is 0 Å². The lowest BCUT2D eigenvalue weighted by molar-refractivity contribution is -0.151. The lowest BCUT2D eigenvalue weighted by Gasteiger charge is -2.30. The summed E-state index contributed by atoms with van der Waals surface area (Å²) in [6, 6.07) is 7.96. The van der Waals surface area contributed by atoms with Crippen molar-refractivity contribution < 1.29 is 19.4 Å². The van der Waals surface area contributed by atoms with Crippen LogP contribution in [0.3, 0.4) is 0 Å². The number of carboxylic acid groups (broad SMARTS) is 1. The van der Waals surface area contributed by atoms with Crippen LogP contribution in [0.25, 0.3) is 0 Å². The fraction of sp³-hybridized carbons (Fsp3) is 0.500. The van der Waals surface area contributed by atoms with E-state index in [0.717, 1.165) is 12.1 Å². The molecule has 1 unspecified atom stereocenters. The van der Waals surface area contributed by atoms with Crippen molar-refractivity contribution in [3.05, 3.63) is 40.9 Å². The van der Waals surface area contributed by atoms with E-state index in [9.17, 15) is 14.7 Å². The number of carbonyl (C=O) groups excluding carboxylic acids is 1. The number of anilines is 2. The van der Waals surface area contributed by atoms with Gasteiger partial charge in [-0.25, -0.2) is 4.98 Å². The average molecular weight is 419 g/mol. The molecule has 0 aliphatic heterocycles. The van der Waals surface area contributed by atoms with Gasteiger partial charge in [-0.1, -0.05) is 31.5 Å². The van der Waals surface area contributed by atoms with Crippen molar-refractivity contribution >= 4 is 34.1 Å². The van der Waals surface area contributed by atoms with Gasteiger partial charge in [-0.2, -0.15) is 0 Å². The van der Waals surface area contributed by atoms with Crippen LogP contribution < -0.4 is 5.32 Å². The number of nitrogens with zero attached hydrogens (tertiary/aromatic N) is 1. The number of nitrogens with one attached hydrogen (secondary N) is 1. The summed E-state index contributed by atoms with van der Waals surface area (Å²) in [4.78, 5) is 29.0. The average Bonchev–Trinajstić information content (AvgIpc) is 3.12. The molecule has 0 aliphatic rings. The molecule has 0 radical (unpaired) electrons. The van der Waals surface area contributed by atoms with Crippen molar-refractivity contribution in [2.24, 2.45) is 5.92 Å². The predicted molar refractivity (Wildman–Crippen MR) is 116 cm³/mol. The fourth-order valence-electron chi connectivity index (χ4n) is 3.13. The third kappa shape index (κ3) is 6.29. The van der Waals surface area contributed by atoms with Crippen molar-refractivity contribution in [2.75, 3.05) is 11.9 Å². The minimum Gasteiger partial charge on any atom is -0.481 e. The van der Waals surface area contributed by atoms with Gasteiger partial charge in [-0.15, -0.1) is 11.3 Å². The maximum absolute atomic E-state index is 13.0. The molecule has 1 aromatic heterocycles. The van der Waals surface area contributed by atoms with E-state index in [1.165, 1.54) is 16.9 Å². The highest BCUT2D eigenvalue weighted by Gasteiger charge is 2.43. The number of benzene rings is 1. The Morgan fingerprint density at radius 1 is 1.24 bits per heavy atom. The highest BCUT2D eigenvalue weighted by atomic mass is 32.1. The molecule has 2 N–H and O–H groups in total. The molecule has 158 valence electrons. The molecule has 7 heteroatoms. The van der Waals surface area contributed by atoms with Crippen molar-refractivity contribution in [1.82, 2.24) is 4.98 Å². The lowest BCUT2D eigenvalue weighted by atomic mass is 9.75. The number of aryl methyl sites for hydroxylation is 1. The molecule has 1 heterocycles. The first kappa shape index (κ1) is 22.9. The Labute approximate surface area is 176 Å². The summed E-state index contributed by atoms with van der Waals surface area (Å²) in [6.07, 6.45) is 1.33. The molecular formula is C22H30N2O4S. The van der Waals surface area contributed by atoms with Crippen LogP contribution in [0.15, 0.2) is 29.6 Å². The van der Waals surface area contributed by atoms with Gasteiger partial charge in [0.2, 0.25) is 0 Å². The number of hydrogen-bond donors (Lipinski definition) is 2. The molecule has 0 saturated heterocycles. The minimum absolute atomic E-state index is 0.116. The number of carboxylic acids is 1. The van der Waals surface area contributed by atoms with Crippen LogP contribution in [0, 0.1) is 12.8 Å². The molecule has 0 fully saturated rings. The quantitative estimate of drug-likeness (QED) is 0.482. The molecule has 0 amide bonds. The van der Waals surface area contributed by atoms with Gasteiger partial charge in [0.1, 0.15) is 5.41 Å². The van der Waals surface area contributed by atoms with E-state index >= 15 is 0 Å². The Kier molecular flexibility index (Phi) is 8.20. The largest absolute Gasteiger partial charge is 0.481 e. The third-order valence-corrected chi connectivity index (χ3v) is 5.64. The highest BCUT2D eigenvalue weighted by Crippen LogP contribution is 2.39. The van der Waals surface area contributed by atoms with E-state index < -0.39 is 17.4 Å². The maximum atomic E-state index is 13.0. The van der Waals surface area contributed by atoms with Crippen LogP contribution in [0.4, 0.5) is 10.8 Å². The summed E-state index contributed by atoms with van der Waals surface area (Å²) < 4.78 is 5.38. The number of rotatable bonds is 11. The zero-order valence-electron chi connectivity index (χ0n) is 17.5. The van der Waals surface area contributed by atoms with E-state index in [4.69, 9.17) is 4.74 Å². The van der Waals surface area contributed by atoms with Crippen LogP contribution in [-0.2, 0) is 19.7 Å². The minimum atomic E-state index is -1.05. The van der Waals surface area contributed by atoms with Crippen molar-refractivity contribution in [3.8, 4) is 0 Å². The van der Waals surface area contributed by atoms with E-state index in [1.54, 1.807) is 6.92 Å². The van der Waals surface area contributed by atoms with E-state index in [-0.39, 0.29) is 19.4 Å². The third-order valence-electron chi connectivity index (χ3n) is 4.88. The molecule has 2 rings (SSSR count). The smallest absolute Gasteiger partial charge is 0.318 e. The summed E-state index contributed by atoms with van der Waals surface area (Å²) in [6.45, 7) is 8.19. The zero-order valence-corrected chi connectivity index (χ0v) is 18.3. The number of hydrogen-bond acceptors (Lipinski definition) is 6. The van der Waals surface area contributed by atoms with Gasteiger partial charge in [-0.05, 0) is 51.2 Å². The van der Waals surface area contributed by atoms with Crippen molar-refractivity contribution in [1.29, 1.82) is 0 Å². The molecular weight excluding hydrogens is 388 g/mol. The van der Waals surface area contributed by atoms with Crippen LogP contribution in [0.2, 0.25) is 0 Å². The first-order chi connectivity index (χ1) is 13.8. The SMILES string of the molecule is CCOC(=O)C(CCC(=O)O)(CCC(C)C)c1csc(Nc2ccc(C)cc2)n1. The zero-order chi connectivity index (χ0) is 21.4. The Hall–Kier alpha value is -2.41. The Balaban J connectivity index is 2.37. The lowest BCUT2D eigenvalue weighted by Crippen LogP contribution is -2.39. The second-order valence-electron chi connectivity index (χ2n) is 7.66. The van der Waals surface area contributed by atoms with E-state index in [0.29, 0.717) is 23.2 Å². The van der Waals surface area contributed by atoms with Crippen LogP contribution in [-0.4, -0.2) is 28.6 Å². The number of aliphatic carboxylic acids is 1. The maximum Gasteiger partial charge on any atom is 0.318 e. The second-order valence-corrected chi connectivity index (χ2v) is 8.52. The van der Waals surface area contributed by atoms with E-state index in [2.05, 4.69) is 24.1 Å². The number of carbonyl (C=O) groups is 2. The van der Waals surface area contributed by atoms with Gasteiger partial charge in [-0.3, -0.25) is 9.59 Å². The first-order valence-corrected chi connectivity index (χ1v) is 10.8. The molecule has 1 aromatic carbocycles. The molecule has 1 atom stereocenters. The van der Waals surface area contributed by atoms with Crippen molar-refractivity contribution in [2.45, 2.75) is 58.8 Å². The van der Waals surface area contributed by atoms with Crippen LogP contribution in [0.1, 0.15) is 57.7 Å². The molecule has 2 aromatic rings. The van der Waals surface area contributed by atoms with Gasteiger partial charge >= 0.3 is 11.9 Å². The summed E-state index contributed by atoms with van der Waals surface area (Å²) in [5, 5.41) is 15.0. The van der Waals surface area contributed by atoms with Crippen LogP contribution in [0.5, 0.6) is 0 Å². The molecule has 0 spiro atoms. The van der Waals surface area contributed by atoms with Crippen LogP contribution >= 0.6 is 11.3 Å². The van der Waals surface area contributed by atoms with Gasteiger partial charge in [0.15, 0.2) is 5.13 Å². The molecule has 0 bridgehead atoms. The summed E-state index contributed by atoms with van der Waals surface area (Å²) in [7, 11) is 0. The molecule has 29 heavy (non-hydrogen) atoms. The molecule has 6 nitrogen and oxygen atoms in total. The summed E-state index contributed by atoms with van der Waals surface area (Å²) in [5.74, 6) is -0.956. The van der Waals surface area contributed by atoms with E-state index in [1.807, 2.05) is 36.6 Å². The topological polar surface area (TPSA) is 88.5 Å². The number of thiazole rings is 1. The molecule has 0 saturated carbocycles. The van der Waals surface area contributed by atoms with Crippen molar-refractivity contribution in [3.63, 3.8) is 0 Å². The Morgan fingerprint density at radius 3 is 2.52 bits per heavy atom. The first-order valence-electron chi connectivity index (χ1n) is 9.95. The van der Waals surface area contributed by atoms with Gasteiger partial charge < -0.3 is 15.2 Å². The molecule has 0 aliphatic carbocycles. The fourth-order valence-corrected chi connectivity index (χ4v) is 3.96. The summed E-state index contributed by atoms with van der Waals surface area (Å²) in [5.41, 5.74) is 1.60. The number of esters is 1. The van der Waals surface area contributed by atoms with Gasteiger partial charge in [0, 0.05) is 17.5 Å².